The van der Waals surface area contributed by atoms with Crippen LogP contribution in [-0.2, 0) is 0 Å². The fraction of sp³-hybridized carbons (Fsp3) is 1.00. The zero-order valence-electron chi connectivity index (χ0n) is 11.1. The van der Waals surface area contributed by atoms with Crippen LogP contribution in [0, 0.1) is 5.41 Å². The largest absolute Gasteiger partial charge is 0.312 e. The van der Waals surface area contributed by atoms with E-state index in [9.17, 15) is 0 Å². The lowest BCUT2D eigenvalue weighted by Gasteiger charge is -2.37. The summed E-state index contributed by atoms with van der Waals surface area (Å²) in [6, 6.07) is 1.41. The molecule has 1 fully saturated rings. The van der Waals surface area contributed by atoms with Crippen molar-refractivity contribution in [3.05, 3.63) is 0 Å². The van der Waals surface area contributed by atoms with Crippen molar-refractivity contribution in [3.63, 3.8) is 0 Å². The second-order valence-corrected chi connectivity index (χ2v) is 6.37. The highest BCUT2D eigenvalue weighted by atomic mass is 15.2. The number of likely N-dealkylation sites (tertiary alicyclic amines) is 1. The highest BCUT2D eigenvalue weighted by Gasteiger charge is 2.22. The summed E-state index contributed by atoms with van der Waals surface area (Å²) in [6.45, 7) is 15.1. The fourth-order valence-corrected chi connectivity index (χ4v) is 2.09. The average Bonchev–Trinajstić information content (AvgIpc) is 2.14. The molecule has 0 aromatic rings. The minimum absolute atomic E-state index is 0.403. The first kappa shape index (κ1) is 13.0. The fourth-order valence-electron chi connectivity index (χ4n) is 2.09. The molecule has 1 saturated heterocycles. The van der Waals surface area contributed by atoms with Crippen molar-refractivity contribution in [3.8, 4) is 0 Å². The Hall–Kier alpha value is -0.0800. The SMILES string of the molecule is CC(C)N1CCCC(NCC(C)(C)C)C1. The zero-order valence-corrected chi connectivity index (χ0v) is 11.1. The van der Waals surface area contributed by atoms with Crippen LogP contribution in [0.1, 0.15) is 47.5 Å². The van der Waals surface area contributed by atoms with Crippen LogP contribution in [0.4, 0.5) is 0 Å². The normalized spacial score (nSPS) is 24.8. The average molecular weight is 212 g/mol. The Morgan fingerprint density at radius 3 is 2.53 bits per heavy atom. The summed E-state index contributed by atoms with van der Waals surface area (Å²) < 4.78 is 0. The van der Waals surface area contributed by atoms with Crippen LogP contribution in [0.25, 0.3) is 0 Å². The summed E-state index contributed by atoms with van der Waals surface area (Å²) in [5, 5.41) is 3.70. The molecule has 0 spiro atoms. The number of piperidine rings is 1. The minimum atomic E-state index is 0.403. The third kappa shape index (κ3) is 4.98. The molecule has 0 amide bonds. The second-order valence-electron chi connectivity index (χ2n) is 6.37. The van der Waals surface area contributed by atoms with Gasteiger partial charge in [0.15, 0.2) is 0 Å². The number of rotatable bonds is 3. The number of hydrogen-bond acceptors (Lipinski definition) is 2. The molecule has 0 bridgehead atoms. The van der Waals surface area contributed by atoms with E-state index in [2.05, 4.69) is 44.8 Å². The van der Waals surface area contributed by atoms with Crippen molar-refractivity contribution in [1.82, 2.24) is 10.2 Å². The van der Waals surface area contributed by atoms with Crippen molar-refractivity contribution in [2.45, 2.75) is 59.5 Å². The van der Waals surface area contributed by atoms with E-state index in [1.54, 1.807) is 0 Å². The lowest BCUT2D eigenvalue weighted by atomic mass is 9.95. The lowest BCUT2D eigenvalue weighted by Crippen LogP contribution is -2.49. The van der Waals surface area contributed by atoms with Gasteiger partial charge < -0.3 is 5.32 Å². The summed E-state index contributed by atoms with van der Waals surface area (Å²) in [5.41, 5.74) is 0.403. The first-order valence-corrected chi connectivity index (χ1v) is 6.36. The molecule has 2 nitrogen and oxygen atoms in total. The molecular formula is C13H28N2. The molecule has 1 heterocycles. The van der Waals surface area contributed by atoms with Crippen LogP contribution >= 0.6 is 0 Å². The van der Waals surface area contributed by atoms with E-state index in [0.717, 1.165) is 6.54 Å². The second kappa shape index (κ2) is 5.31. The Bertz CT molecular complexity index is 181. The minimum Gasteiger partial charge on any atom is -0.312 e. The molecule has 1 aliphatic heterocycles. The van der Waals surface area contributed by atoms with Gasteiger partial charge in [-0.15, -0.1) is 0 Å². The Morgan fingerprint density at radius 1 is 1.33 bits per heavy atom. The maximum Gasteiger partial charge on any atom is 0.0195 e. The van der Waals surface area contributed by atoms with Crippen molar-refractivity contribution in [2.24, 2.45) is 5.41 Å². The van der Waals surface area contributed by atoms with Crippen LogP contribution in [0.5, 0.6) is 0 Å². The Balaban J connectivity index is 2.30. The Kier molecular flexibility index (Phi) is 4.60. The maximum absolute atomic E-state index is 3.70. The highest BCUT2D eigenvalue weighted by Crippen LogP contribution is 2.15. The van der Waals surface area contributed by atoms with Crippen molar-refractivity contribution in [2.75, 3.05) is 19.6 Å². The van der Waals surface area contributed by atoms with E-state index in [1.807, 2.05) is 0 Å². The molecule has 0 aromatic carbocycles. The molecule has 1 aliphatic rings. The van der Waals surface area contributed by atoms with Gasteiger partial charge in [0.1, 0.15) is 0 Å². The summed E-state index contributed by atoms with van der Waals surface area (Å²) >= 11 is 0. The highest BCUT2D eigenvalue weighted by molar-refractivity contribution is 4.81. The van der Waals surface area contributed by atoms with Crippen LogP contribution in [-0.4, -0.2) is 36.6 Å². The standard InChI is InChI=1S/C13H28N2/c1-11(2)15-8-6-7-12(9-15)14-10-13(3,4)5/h11-12,14H,6-10H2,1-5H3. The van der Waals surface area contributed by atoms with Gasteiger partial charge in [-0.1, -0.05) is 20.8 Å². The molecule has 0 saturated carbocycles. The van der Waals surface area contributed by atoms with Gasteiger partial charge in [0, 0.05) is 25.2 Å². The molecule has 1 rings (SSSR count). The van der Waals surface area contributed by atoms with Gasteiger partial charge in [-0.2, -0.15) is 0 Å². The van der Waals surface area contributed by atoms with Gasteiger partial charge >= 0.3 is 0 Å². The van der Waals surface area contributed by atoms with E-state index < -0.39 is 0 Å². The summed E-state index contributed by atoms with van der Waals surface area (Å²) in [7, 11) is 0. The molecule has 2 heteroatoms. The molecular weight excluding hydrogens is 184 g/mol. The molecule has 90 valence electrons. The van der Waals surface area contributed by atoms with Gasteiger partial charge in [0.05, 0.1) is 0 Å². The summed E-state index contributed by atoms with van der Waals surface area (Å²) in [5.74, 6) is 0. The van der Waals surface area contributed by atoms with Crippen molar-refractivity contribution < 1.29 is 0 Å². The van der Waals surface area contributed by atoms with Crippen molar-refractivity contribution in [1.29, 1.82) is 0 Å². The monoisotopic (exact) mass is 212 g/mol. The topological polar surface area (TPSA) is 15.3 Å². The summed E-state index contributed by atoms with van der Waals surface area (Å²) in [4.78, 5) is 2.59. The molecule has 0 radical (unpaired) electrons. The lowest BCUT2D eigenvalue weighted by molar-refractivity contribution is 0.149. The smallest absolute Gasteiger partial charge is 0.0195 e. The van der Waals surface area contributed by atoms with Gasteiger partial charge in [0.2, 0.25) is 0 Å². The van der Waals surface area contributed by atoms with E-state index in [1.165, 1.54) is 25.9 Å². The Labute approximate surface area is 95.4 Å². The van der Waals surface area contributed by atoms with E-state index >= 15 is 0 Å². The molecule has 1 atom stereocenters. The van der Waals surface area contributed by atoms with E-state index in [4.69, 9.17) is 0 Å². The first-order chi connectivity index (χ1) is 6.88. The molecule has 15 heavy (non-hydrogen) atoms. The van der Waals surface area contributed by atoms with E-state index in [-0.39, 0.29) is 0 Å². The van der Waals surface area contributed by atoms with Crippen LogP contribution in [0.3, 0.4) is 0 Å². The van der Waals surface area contributed by atoms with Gasteiger partial charge in [-0.05, 0) is 38.6 Å². The van der Waals surface area contributed by atoms with Crippen LogP contribution in [0.2, 0.25) is 0 Å². The molecule has 0 aromatic heterocycles. The van der Waals surface area contributed by atoms with E-state index in [0.29, 0.717) is 17.5 Å². The predicted octanol–water partition coefficient (Wildman–Crippen LogP) is 2.49. The Morgan fingerprint density at radius 2 is 2.00 bits per heavy atom. The maximum atomic E-state index is 3.70. The van der Waals surface area contributed by atoms with Gasteiger partial charge in [0.25, 0.3) is 0 Å². The van der Waals surface area contributed by atoms with Gasteiger partial charge in [-0.25, -0.2) is 0 Å². The van der Waals surface area contributed by atoms with Crippen LogP contribution < -0.4 is 5.32 Å². The van der Waals surface area contributed by atoms with Gasteiger partial charge in [-0.3, -0.25) is 4.90 Å². The first-order valence-electron chi connectivity index (χ1n) is 6.36. The summed E-state index contributed by atoms with van der Waals surface area (Å²) in [6.07, 6.45) is 2.69. The number of hydrogen-bond donors (Lipinski definition) is 1. The number of nitrogens with one attached hydrogen (secondary N) is 1. The quantitative estimate of drug-likeness (QED) is 0.773. The number of nitrogens with zero attached hydrogens (tertiary/aromatic N) is 1. The molecule has 1 unspecified atom stereocenters. The third-order valence-electron chi connectivity index (χ3n) is 3.10. The van der Waals surface area contributed by atoms with Crippen LogP contribution in [0.15, 0.2) is 0 Å². The predicted molar refractivity (Wildman–Crippen MR) is 67.2 cm³/mol. The third-order valence-corrected chi connectivity index (χ3v) is 3.10. The molecule has 0 aliphatic carbocycles. The zero-order chi connectivity index (χ0) is 11.5. The van der Waals surface area contributed by atoms with Crippen molar-refractivity contribution >= 4 is 0 Å². The molecule has 1 N–H and O–H groups in total.